The standard InChI is InChI=1S/2C8H18P.2ClH/c2*1-7(2,3)9-8(4,5)6;;/h2*1-6H3;2*1H. The van der Waals surface area contributed by atoms with Gasteiger partial charge in [0.05, 0.1) is 0 Å². The summed E-state index contributed by atoms with van der Waals surface area (Å²) in [5.74, 6) is 0. The van der Waals surface area contributed by atoms with Gasteiger partial charge in [-0.05, 0) is 20.6 Å². The fraction of sp³-hybridized carbons (Fsp3) is 1.00. The first-order valence-corrected chi connectivity index (χ1v) is 8.68. The molecule has 0 aliphatic heterocycles. The second-order valence-corrected chi connectivity index (χ2v) is 14.7. The summed E-state index contributed by atoms with van der Waals surface area (Å²) >= 11 is 0. The lowest BCUT2D eigenvalue weighted by atomic mass is 10.2. The van der Waals surface area contributed by atoms with Gasteiger partial charge in [-0.2, -0.15) is 0 Å². The van der Waals surface area contributed by atoms with Gasteiger partial charge in [-0.3, -0.25) is 0 Å². The maximum Gasteiger partial charge on any atom is -0.0136 e. The van der Waals surface area contributed by atoms with E-state index in [0.29, 0.717) is 20.6 Å². The van der Waals surface area contributed by atoms with Crippen LogP contribution in [0.1, 0.15) is 83.1 Å². The molecule has 0 aliphatic carbocycles. The molecule has 4 heteroatoms. The second kappa shape index (κ2) is 10.3. The maximum atomic E-state index is 2.28. The number of halogens is 2. The van der Waals surface area contributed by atoms with Gasteiger partial charge in [0.1, 0.15) is 0 Å². The number of rotatable bonds is 0. The largest absolute Gasteiger partial charge is 0.147 e. The van der Waals surface area contributed by atoms with Gasteiger partial charge in [-0.15, -0.1) is 24.8 Å². The first kappa shape index (κ1) is 29.5. The monoisotopic (exact) mass is 362 g/mol. The highest BCUT2D eigenvalue weighted by Crippen LogP contribution is 2.42. The molecule has 0 N–H and O–H groups in total. The van der Waals surface area contributed by atoms with Crippen LogP contribution >= 0.6 is 42.0 Å². The van der Waals surface area contributed by atoms with Crippen LogP contribution in [-0.2, 0) is 0 Å². The van der Waals surface area contributed by atoms with Crippen molar-refractivity contribution in [2.75, 3.05) is 0 Å². The molecule has 0 nitrogen and oxygen atoms in total. The van der Waals surface area contributed by atoms with Gasteiger partial charge in [0.2, 0.25) is 0 Å². The molecule has 0 heterocycles. The van der Waals surface area contributed by atoms with Crippen molar-refractivity contribution in [1.29, 1.82) is 0 Å². The molecule has 0 aliphatic rings. The van der Waals surface area contributed by atoms with E-state index in [1.807, 2.05) is 0 Å². The van der Waals surface area contributed by atoms with Crippen molar-refractivity contribution in [3.8, 4) is 0 Å². The lowest BCUT2D eigenvalue weighted by Gasteiger charge is -2.27. The molecule has 0 aromatic rings. The first-order valence-electron chi connectivity index (χ1n) is 6.89. The molecule has 0 amide bonds. The summed E-state index contributed by atoms with van der Waals surface area (Å²) < 4.78 is 0. The Bertz CT molecular complexity index is 175. The van der Waals surface area contributed by atoms with Crippen LogP contribution in [-0.4, -0.2) is 20.6 Å². The molecular formula is C16H38Cl2P2. The predicted molar refractivity (Wildman–Crippen MR) is 107 cm³/mol. The van der Waals surface area contributed by atoms with Crippen LogP contribution in [0, 0.1) is 0 Å². The number of hydrogen-bond donors (Lipinski definition) is 0. The van der Waals surface area contributed by atoms with E-state index in [1.165, 1.54) is 17.2 Å². The molecule has 2 radical (unpaired) electrons. The maximum absolute atomic E-state index is 2.28. The summed E-state index contributed by atoms with van der Waals surface area (Å²) in [7, 11) is 3.06. The highest BCUT2D eigenvalue weighted by atomic mass is 35.5. The fourth-order valence-corrected chi connectivity index (χ4v) is 6.04. The Balaban J connectivity index is -0.000000116. The summed E-state index contributed by atoms with van der Waals surface area (Å²) in [6, 6.07) is 0. The van der Waals surface area contributed by atoms with Gasteiger partial charge < -0.3 is 0 Å². The number of hydrogen-bond acceptors (Lipinski definition) is 0. The molecule has 0 unspecified atom stereocenters. The topological polar surface area (TPSA) is 0 Å². The predicted octanol–water partition coefficient (Wildman–Crippen LogP) is 7.90. The summed E-state index contributed by atoms with van der Waals surface area (Å²) in [4.78, 5) is 0. The molecule has 0 bridgehead atoms. The minimum Gasteiger partial charge on any atom is -0.147 e. The molecule has 0 aromatic carbocycles. The van der Waals surface area contributed by atoms with E-state index in [-0.39, 0.29) is 24.8 Å². The zero-order valence-corrected chi connectivity index (χ0v) is 19.1. The van der Waals surface area contributed by atoms with Gasteiger partial charge in [0.25, 0.3) is 0 Å². The third-order valence-corrected chi connectivity index (χ3v) is 4.02. The normalized spacial score (nSPS) is 12.6. The van der Waals surface area contributed by atoms with Gasteiger partial charge in [-0.1, -0.05) is 100 Å². The van der Waals surface area contributed by atoms with Crippen LogP contribution in [0.5, 0.6) is 0 Å². The van der Waals surface area contributed by atoms with Crippen molar-refractivity contribution in [2.24, 2.45) is 0 Å². The summed E-state index contributed by atoms with van der Waals surface area (Å²) in [6.07, 6.45) is 0. The summed E-state index contributed by atoms with van der Waals surface area (Å²) in [5.41, 5.74) is 0. The van der Waals surface area contributed by atoms with Gasteiger partial charge >= 0.3 is 0 Å². The van der Waals surface area contributed by atoms with Gasteiger partial charge in [0.15, 0.2) is 0 Å². The Morgan fingerprint density at radius 3 is 0.450 bits per heavy atom. The van der Waals surface area contributed by atoms with Crippen LogP contribution in [0.3, 0.4) is 0 Å². The van der Waals surface area contributed by atoms with E-state index in [0.717, 1.165) is 0 Å². The van der Waals surface area contributed by atoms with Crippen molar-refractivity contribution in [3.63, 3.8) is 0 Å². The molecule has 0 rings (SSSR count). The van der Waals surface area contributed by atoms with Crippen LogP contribution in [0.15, 0.2) is 0 Å². The van der Waals surface area contributed by atoms with Crippen LogP contribution < -0.4 is 0 Å². The van der Waals surface area contributed by atoms with Crippen molar-refractivity contribution in [3.05, 3.63) is 0 Å². The zero-order chi connectivity index (χ0) is 15.4. The molecule has 0 saturated heterocycles. The van der Waals surface area contributed by atoms with Crippen LogP contribution in [0.2, 0.25) is 0 Å². The van der Waals surface area contributed by atoms with E-state index in [2.05, 4.69) is 83.1 Å². The molecular weight excluding hydrogens is 325 g/mol. The third-order valence-electron chi connectivity index (χ3n) is 1.34. The van der Waals surface area contributed by atoms with Crippen LogP contribution in [0.25, 0.3) is 0 Å². The molecule has 126 valence electrons. The molecule has 20 heavy (non-hydrogen) atoms. The highest BCUT2D eigenvalue weighted by molar-refractivity contribution is 7.42. The Morgan fingerprint density at radius 1 is 0.350 bits per heavy atom. The van der Waals surface area contributed by atoms with E-state index in [4.69, 9.17) is 0 Å². The van der Waals surface area contributed by atoms with Crippen molar-refractivity contribution in [1.82, 2.24) is 0 Å². The van der Waals surface area contributed by atoms with Gasteiger partial charge in [-0.25, -0.2) is 0 Å². The molecule has 0 fully saturated rings. The quantitative estimate of drug-likeness (QED) is 0.384. The van der Waals surface area contributed by atoms with Crippen molar-refractivity contribution < 1.29 is 0 Å². The van der Waals surface area contributed by atoms with Crippen molar-refractivity contribution in [2.45, 2.75) is 104 Å². The van der Waals surface area contributed by atoms with E-state index in [1.54, 1.807) is 0 Å². The fourth-order valence-electron chi connectivity index (χ4n) is 2.01. The average Bonchev–Trinajstić information content (AvgIpc) is 1.64. The lowest BCUT2D eigenvalue weighted by molar-refractivity contribution is 0.724. The Hall–Kier alpha value is 1.44. The Labute approximate surface area is 145 Å². The van der Waals surface area contributed by atoms with Crippen LogP contribution in [0.4, 0.5) is 0 Å². The highest BCUT2D eigenvalue weighted by Gasteiger charge is 2.21. The Kier molecular flexibility index (Phi) is 15.1. The molecule has 0 atom stereocenters. The first-order chi connectivity index (χ1) is 7.41. The zero-order valence-electron chi connectivity index (χ0n) is 15.7. The third kappa shape index (κ3) is 36.6. The molecule has 0 aromatic heterocycles. The Morgan fingerprint density at radius 2 is 0.450 bits per heavy atom. The second-order valence-electron chi connectivity index (χ2n) is 8.91. The average molecular weight is 363 g/mol. The van der Waals surface area contributed by atoms with E-state index >= 15 is 0 Å². The summed E-state index contributed by atoms with van der Waals surface area (Å²) in [5, 5.41) is 1.83. The van der Waals surface area contributed by atoms with E-state index in [9.17, 15) is 0 Å². The molecule has 0 spiro atoms. The smallest absolute Gasteiger partial charge is 0.0136 e. The minimum atomic E-state index is 0. The lowest BCUT2D eigenvalue weighted by Crippen LogP contribution is -2.16. The van der Waals surface area contributed by atoms with Gasteiger partial charge in [0, 0.05) is 0 Å². The van der Waals surface area contributed by atoms with E-state index < -0.39 is 0 Å². The van der Waals surface area contributed by atoms with Crippen molar-refractivity contribution >= 4 is 42.0 Å². The summed E-state index contributed by atoms with van der Waals surface area (Å²) in [6.45, 7) is 27.3. The minimum absolute atomic E-state index is 0. The SMILES string of the molecule is CC(C)(C)[P]C(C)(C)C.CC(C)(C)[P]C(C)(C)C.Cl.Cl. The molecule has 0 saturated carbocycles.